The number of urea groups is 1. The van der Waals surface area contributed by atoms with E-state index < -0.39 is 12.0 Å². The molecule has 1 saturated heterocycles. The van der Waals surface area contributed by atoms with Crippen LogP contribution in [0.15, 0.2) is 24.3 Å². The molecule has 2 atom stereocenters. The van der Waals surface area contributed by atoms with Gasteiger partial charge in [-0.2, -0.15) is 0 Å². The maximum Gasteiger partial charge on any atom is 0.327 e. The van der Waals surface area contributed by atoms with Crippen LogP contribution in [-0.4, -0.2) is 39.2 Å². The zero-order valence-electron chi connectivity index (χ0n) is 11.2. The number of benzene rings is 1. The average molecular weight is 418 g/mol. The van der Waals surface area contributed by atoms with Gasteiger partial charge in [-0.3, -0.25) is 4.90 Å². The Labute approximate surface area is 140 Å². The molecule has 1 aliphatic heterocycles. The van der Waals surface area contributed by atoms with Gasteiger partial charge in [-0.1, -0.05) is 0 Å². The van der Waals surface area contributed by atoms with Crippen molar-refractivity contribution < 1.29 is 14.7 Å². The van der Waals surface area contributed by atoms with E-state index in [0.29, 0.717) is 17.4 Å². The number of hydrogen-bond acceptors (Lipinski definition) is 3. The van der Waals surface area contributed by atoms with Gasteiger partial charge in [0.2, 0.25) is 0 Å². The molecular weight excluding hydrogens is 403 g/mol. The van der Waals surface area contributed by atoms with Crippen molar-refractivity contribution in [3.05, 3.63) is 27.8 Å². The zero-order chi connectivity index (χ0) is 15.0. The Kier molecular flexibility index (Phi) is 4.30. The first-order chi connectivity index (χ1) is 10.1. The SMILES string of the molecule is O=C(O)C1CSC(C2CC2)N1C(=O)Nc1ccc(I)cc1. The number of thioether (sulfide) groups is 1. The molecule has 1 heterocycles. The second-order valence-electron chi connectivity index (χ2n) is 5.26. The highest BCUT2D eigenvalue weighted by atomic mass is 127. The molecule has 5 nitrogen and oxygen atoms in total. The molecule has 3 rings (SSSR count). The van der Waals surface area contributed by atoms with Gasteiger partial charge >= 0.3 is 12.0 Å². The highest BCUT2D eigenvalue weighted by Crippen LogP contribution is 2.45. The van der Waals surface area contributed by atoms with Crippen LogP contribution >= 0.6 is 34.4 Å². The third kappa shape index (κ3) is 3.28. The quantitative estimate of drug-likeness (QED) is 0.741. The molecule has 0 radical (unpaired) electrons. The van der Waals surface area contributed by atoms with Crippen molar-refractivity contribution in [2.75, 3.05) is 11.1 Å². The van der Waals surface area contributed by atoms with Gasteiger partial charge in [0.05, 0.1) is 5.37 Å². The Hall–Kier alpha value is -0.960. The molecule has 0 aromatic heterocycles. The maximum absolute atomic E-state index is 12.5. The van der Waals surface area contributed by atoms with Crippen LogP contribution in [0, 0.1) is 9.49 Å². The number of carboxylic acids is 1. The number of carbonyl (C=O) groups is 2. The van der Waals surface area contributed by atoms with Crippen LogP contribution < -0.4 is 5.32 Å². The molecule has 1 aromatic rings. The van der Waals surface area contributed by atoms with E-state index in [2.05, 4.69) is 27.9 Å². The molecule has 2 fully saturated rings. The van der Waals surface area contributed by atoms with E-state index >= 15 is 0 Å². The number of carbonyl (C=O) groups excluding carboxylic acids is 1. The summed E-state index contributed by atoms with van der Waals surface area (Å²) in [5.74, 6) is -0.0124. The van der Waals surface area contributed by atoms with E-state index in [-0.39, 0.29) is 11.4 Å². The van der Waals surface area contributed by atoms with E-state index in [9.17, 15) is 14.7 Å². The van der Waals surface area contributed by atoms with Crippen LogP contribution in [-0.2, 0) is 4.79 Å². The number of nitrogens with one attached hydrogen (secondary N) is 1. The van der Waals surface area contributed by atoms with Crippen molar-refractivity contribution in [1.82, 2.24) is 4.90 Å². The number of halogens is 1. The number of hydrogen-bond donors (Lipinski definition) is 2. The summed E-state index contributed by atoms with van der Waals surface area (Å²) >= 11 is 3.78. The lowest BCUT2D eigenvalue weighted by Crippen LogP contribution is -2.48. The van der Waals surface area contributed by atoms with Crippen LogP contribution in [0.2, 0.25) is 0 Å². The molecule has 1 saturated carbocycles. The van der Waals surface area contributed by atoms with Gasteiger partial charge in [0.15, 0.2) is 0 Å². The Balaban J connectivity index is 1.76. The van der Waals surface area contributed by atoms with Gasteiger partial charge < -0.3 is 10.4 Å². The van der Waals surface area contributed by atoms with Crippen LogP contribution in [0.25, 0.3) is 0 Å². The van der Waals surface area contributed by atoms with Crippen LogP contribution in [0.3, 0.4) is 0 Å². The minimum Gasteiger partial charge on any atom is -0.480 e. The van der Waals surface area contributed by atoms with Crippen molar-refractivity contribution in [2.24, 2.45) is 5.92 Å². The van der Waals surface area contributed by atoms with Gasteiger partial charge in [-0.05, 0) is 65.6 Å². The lowest BCUT2D eigenvalue weighted by Gasteiger charge is -2.27. The predicted octanol–water partition coefficient (Wildman–Crippen LogP) is 3.06. The van der Waals surface area contributed by atoms with Crippen molar-refractivity contribution in [3.63, 3.8) is 0 Å². The minimum absolute atomic E-state index is 0.00468. The summed E-state index contributed by atoms with van der Waals surface area (Å²) in [6.45, 7) is 0. The fraction of sp³-hybridized carbons (Fsp3) is 0.429. The molecule has 2 aliphatic rings. The maximum atomic E-state index is 12.5. The molecule has 2 amide bonds. The molecule has 1 aromatic carbocycles. The average Bonchev–Trinajstić information content (AvgIpc) is 3.19. The van der Waals surface area contributed by atoms with Crippen LogP contribution in [0.4, 0.5) is 10.5 Å². The lowest BCUT2D eigenvalue weighted by atomic mass is 10.2. The molecule has 7 heteroatoms. The van der Waals surface area contributed by atoms with Crippen molar-refractivity contribution >= 4 is 52.0 Å². The normalized spacial score (nSPS) is 24.9. The van der Waals surface area contributed by atoms with Crippen molar-refractivity contribution in [1.29, 1.82) is 0 Å². The summed E-state index contributed by atoms with van der Waals surface area (Å²) in [7, 11) is 0. The topological polar surface area (TPSA) is 69.6 Å². The monoisotopic (exact) mass is 418 g/mol. The third-order valence-corrected chi connectivity index (χ3v) is 5.86. The summed E-state index contributed by atoms with van der Waals surface area (Å²) in [6, 6.07) is 6.41. The van der Waals surface area contributed by atoms with Gasteiger partial charge in [0.1, 0.15) is 6.04 Å². The summed E-state index contributed by atoms with van der Waals surface area (Å²) in [4.78, 5) is 25.4. The summed E-state index contributed by atoms with van der Waals surface area (Å²) in [6.07, 6.45) is 2.16. The first-order valence-electron chi connectivity index (χ1n) is 6.75. The number of carboxylic acid groups (broad SMARTS) is 1. The van der Waals surface area contributed by atoms with E-state index in [1.165, 1.54) is 4.90 Å². The van der Waals surface area contributed by atoms with Crippen molar-refractivity contribution in [2.45, 2.75) is 24.3 Å². The summed E-state index contributed by atoms with van der Waals surface area (Å²) < 4.78 is 1.08. The first kappa shape index (κ1) is 15.0. The minimum atomic E-state index is -0.927. The fourth-order valence-corrected chi connectivity index (χ4v) is 4.43. The summed E-state index contributed by atoms with van der Waals surface area (Å²) in [5, 5.41) is 12.1. The van der Waals surface area contributed by atoms with Crippen molar-refractivity contribution in [3.8, 4) is 0 Å². The molecule has 2 unspecified atom stereocenters. The Morgan fingerprint density at radius 2 is 1.95 bits per heavy atom. The smallest absolute Gasteiger partial charge is 0.327 e. The summed E-state index contributed by atoms with van der Waals surface area (Å²) in [5.41, 5.74) is 0.691. The van der Waals surface area contributed by atoms with Gasteiger partial charge in [-0.25, -0.2) is 9.59 Å². The van der Waals surface area contributed by atoms with Crippen LogP contribution in [0.1, 0.15) is 12.8 Å². The first-order valence-corrected chi connectivity index (χ1v) is 8.88. The number of nitrogens with zero attached hydrogens (tertiary/aromatic N) is 1. The second kappa shape index (κ2) is 6.04. The number of aliphatic carboxylic acids is 1. The Morgan fingerprint density at radius 1 is 1.29 bits per heavy atom. The van der Waals surface area contributed by atoms with E-state index in [1.807, 2.05) is 24.3 Å². The largest absolute Gasteiger partial charge is 0.480 e. The third-order valence-electron chi connectivity index (χ3n) is 3.68. The highest BCUT2D eigenvalue weighted by molar-refractivity contribution is 14.1. The van der Waals surface area contributed by atoms with Crippen LogP contribution in [0.5, 0.6) is 0 Å². The second-order valence-corrected chi connectivity index (χ2v) is 7.65. The predicted molar refractivity (Wildman–Crippen MR) is 90.4 cm³/mol. The van der Waals surface area contributed by atoms with E-state index in [0.717, 1.165) is 16.4 Å². The molecule has 0 spiro atoms. The molecule has 2 N–H and O–H groups in total. The number of amides is 2. The Morgan fingerprint density at radius 3 is 2.52 bits per heavy atom. The fourth-order valence-electron chi connectivity index (χ4n) is 2.44. The van der Waals surface area contributed by atoms with Gasteiger partial charge in [0.25, 0.3) is 0 Å². The zero-order valence-corrected chi connectivity index (χ0v) is 14.1. The molecule has 1 aliphatic carbocycles. The molecular formula is C14H15IN2O3S. The number of rotatable bonds is 3. The van der Waals surface area contributed by atoms with Gasteiger partial charge in [0, 0.05) is 15.0 Å². The lowest BCUT2D eigenvalue weighted by molar-refractivity contribution is -0.141. The number of anilines is 1. The molecule has 21 heavy (non-hydrogen) atoms. The van der Waals surface area contributed by atoms with Gasteiger partial charge in [-0.15, -0.1) is 11.8 Å². The molecule has 112 valence electrons. The van der Waals surface area contributed by atoms with E-state index in [1.54, 1.807) is 11.8 Å². The highest BCUT2D eigenvalue weighted by Gasteiger charge is 2.48. The van der Waals surface area contributed by atoms with E-state index in [4.69, 9.17) is 0 Å². The Bertz CT molecular complexity index is 562. The standard InChI is InChI=1S/C14H15IN2O3S/c15-9-3-5-10(6-4-9)16-14(20)17-11(13(18)19)7-21-12(17)8-1-2-8/h3-6,8,11-12H,1-2,7H2,(H,16,20)(H,18,19). The molecule has 0 bridgehead atoms.